The minimum Gasteiger partial charge on any atom is -0.479 e. The predicted molar refractivity (Wildman–Crippen MR) is 312 cm³/mol. The van der Waals surface area contributed by atoms with E-state index in [0.29, 0.717) is 25.7 Å². The highest BCUT2D eigenvalue weighted by Crippen LogP contribution is 2.26. The van der Waals surface area contributed by atoms with Crippen LogP contribution in [0, 0.1) is 0 Å². The highest BCUT2D eigenvalue weighted by atomic mass is 16.7. The molecule has 6 unspecified atom stereocenters. The Morgan fingerprint density at radius 1 is 0.442 bits per heavy atom. The van der Waals surface area contributed by atoms with Crippen molar-refractivity contribution in [1.29, 1.82) is 0 Å². The molecule has 1 rings (SSSR count). The molecule has 0 saturated carbocycles. The molecule has 0 spiro atoms. The van der Waals surface area contributed by atoms with Crippen molar-refractivity contribution >= 4 is 23.9 Å². The van der Waals surface area contributed by atoms with E-state index in [4.69, 9.17) is 23.7 Å². The third kappa shape index (κ3) is 42.3. The number of carboxylic acid groups (broad SMARTS) is 1. The second-order valence-electron chi connectivity index (χ2n) is 20.2. The smallest absolute Gasteiger partial charge is 0.335 e. The molecule has 438 valence electrons. The van der Waals surface area contributed by atoms with Gasteiger partial charge >= 0.3 is 23.9 Å². The first-order chi connectivity index (χ1) is 37.6. The van der Waals surface area contributed by atoms with Gasteiger partial charge in [0, 0.05) is 19.3 Å². The van der Waals surface area contributed by atoms with Crippen LogP contribution < -0.4 is 0 Å². The number of carbonyl (C=O) groups is 4. The van der Waals surface area contributed by atoms with Crippen molar-refractivity contribution in [2.75, 3.05) is 13.2 Å². The number of unbranched alkanes of at least 4 members (excludes halogenated alkanes) is 20. The third-order valence-corrected chi connectivity index (χ3v) is 13.2. The van der Waals surface area contributed by atoms with Crippen LogP contribution in [0.1, 0.15) is 239 Å². The van der Waals surface area contributed by atoms with Gasteiger partial charge in [-0.25, -0.2) is 4.79 Å². The van der Waals surface area contributed by atoms with Crippen molar-refractivity contribution in [3.63, 3.8) is 0 Å². The Morgan fingerprint density at radius 3 is 1.27 bits per heavy atom. The van der Waals surface area contributed by atoms with Gasteiger partial charge in [0.1, 0.15) is 18.8 Å². The van der Waals surface area contributed by atoms with Crippen molar-refractivity contribution in [1.82, 2.24) is 0 Å². The average molecular weight is 1080 g/mol. The summed E-state index contributed by atoms with van der Waals surface area (Å²) in [6, 6.07) is 0. The van der Waals surface area contributed by atoms with Crippen LogP contribution in [0.5, 0.6) is 0 Å². The zero-order valence-electron chi connectivity index (χ0n) is 48.2. The van der Waals surface area contributed by atoms with Gasteiger partial charge in [0.25, 0.3) is 0 Å². The number of rotatable bonds is 50. The molecule has 77 heavy (non-hydrogen) atoms. The molecule has 1 saturated heterocycles. The lowest BCUT2D eigenvalue weighted by atomic mass is 9.98. The Kier molecular flexibility index (Phi) is 48.0. The summed E-state index contributed by atoms with van der Waals surface area (Å²) in [7, 11) is 0. The van der Waals surface area contributed by atoms with E-state index in [-0.39, 0.29) is 25.9 Å². The molecule has 0 aromatic rings. The first kappa shape index (κ1) is 70.7. The molecule has 0 aliphatic carbocycles. The van der Waals surface area contributed by atoms with Crippen molar-refractivity contribution < 1.29 is 58.2 Å². The van der Waals surface area contributed by atoms with Crippen molar-refractivity contribution in [3.05, 3.63) is 97.2 Å². The van der Waals surface area contributed by atoms with Crippen LogP contribution in [0.3, 0.4) is 0 Å². The summed E-state index contributed by atoms with van der Waals surface area (Å²) in [4.78, 5) is 51.2. The molecule has 1 aliphatic rings. The Bertz CT molecular complexity index is 1710. The topological polar surface area (TPSA) is 175 Å². The molecular weight excluding hydrogens is 973 g/mol. The molecule has 0 aromatic carbocycles. The first-order valence-electron chi connectivity index (χ1n) is 30.2. The molecule has 0 bridgehead atoms. The second kappa shape index (κ2) is 52.3. The number of hydrogen-bond donors (Lipinski definition) is 3. The number of aliphatic hydroxyl groups is 2. The molecule has 12 nitrogen and oxygen atoms in total. The number of hydrogen-bond acceptors (Lipinski definition) is 11. The van der Waals surface area contributed by atoms with E-state index in [9.17, 15) is 34.5 Å². The van der Waals surface area contributed by atoms with E-state index >= 15 is 0 Å². The summed E-state index contributed by atoms with van der Waals surface area (Å²) in [5.41, 5.74) is 0. The normalized spacial score (nSPS) is 18.7. The van der Waals surface area contributed by atoms with Crippen LogP contribution in [-0.4, -0.2) is 89.2 Å². The van der Waals surface area contributed by atoms with Gasteiger partial charge in [-0.3, -0.25) is 14.4 Å². The molecule has 6 atom stereocenters. The second-order valence-corrected chi connectivity index (χ2v) is 20.2. The van der Waals surface area contributed by atoms with Gasteiger partial charge < -0.3 is 39.0 Å². The summed E-state index contributed by atoms with van der Waals surface area (Å²) in [6.07, 6.45) is 56.6. The lowest BCUT2D eigenvalue weighted by molar-refractivity contribution is -0.301. The number of esters is 3. The fourth-order valence-corrected chi connectivity index (χ4v) is 8.58. The minimum atomic E-state index is -1.92. The van der Waals surface area contributed by atoms with Gasteiger partial charge in [-0.2, -0.15) is 0 Å². The van der Waals surface area contributed by atoms with Gasteiger partial charge in [-0.1, -0.05) is 221 Å². The first-order valence-corrected chi connectivity index (χ1v) is 30.2. The fraction of sp³-hybridized carbons (Fsp3) is 0.692. The van der Waals surface area contributed by atoms with Gasteiger partial charge in [0.05, 0.1) is 6.61 Å². The molecule has 0 amide bonds. The summed E-state index contributed by atoms with van der Waals surface area (Å²) in [6.45, 7) is 5.73. The van der Waals surface area contributed by atoms with Gasteiger partial charge in [0.15, 0.2) is 24.6 Å². The molecule has 1 heterocycles. The largest absolute Gasteiger partial charge is 0.479 e. The molecule has 12 heteroatoms. The van der Waals surface area contributed by atoms with E-state index in [1.165, 1.54) is 57.8 Å². The number of allylic oxidation sites excluding steroid dienone is 16. The van der Waals surface area contributed by atoms with Gasteiger partial charge in [-0.05, 0) is 96.3 Å². The van der Waals surface area contributed by atoms with E-state index in [2.05, 4.69) is 118 Å². The lowest BCUT2D eigenvalue weighted by Gasteiger charge is -2.40. The molecule has 1 fully saturated rings. The minimum absolute atomic E-state index is 0.00395. The highest BCUT2D eigenvalue weighted by molar-refractivity contribution is 5.74. The maximum atomic E-state index is 13.1. The Balaban J connectivity index is 2.71. The van der Waals surface area contributed by atoms with E-state index in [1.54, 1.807) is 0 Å². The Morgan fingerprint density at radius 2 is 0.818 bits per heavy atom. The Hall–Kier alpha value is -4.36. The summed E-state index contributed by atoms with van der Waals surface area (Å²) < 4.78 is 28.4. The van der Waals surface area contributed by atoms with E-state index in [0.717, 1.165) is 116 Å². The average Bonchev–Trinajstić information content (AvgIpc) is 3.42. The van der Waals surface area contributed by atoms with Crippen LogP contribution in [-0.2, 0) is 42.9 Å². The zero-order chi connectivity index (χ0) is 56.1. The van der Waals surface area contributed by atoms with Gasteiger partial charge in [0.2, 0.25) is 0 Å². The molecule has 0 radical (unpaired) electrons. The zero-order valence-corrected chi connectivity index (χ0v) is 48.2. The van der Waals surface area contributed by atoms with Gasteiger partial charge in [-0.15, -0.1) is 0 Å². The number of ether oxygens (including phenoxy) is 5. The molecule has 1 aliphatic heterocycles. The Labute approximate surface area is 466 Å². The monoisotopic (exact) mass is 1080 g/mol. The predicted octanol–water partition coefficient (Wildman–Crippen LogP) is 15.7. The van der Waals surface area contributed by atoms with E-state index in [1.807, 2.05) is 0 Å². The van der Waals surface area contributed by atoms with Crippen LogP contribution in [0.25, 0.3) is 0 Å². The fourth-order valence-electron chi connectivity index (χ4n) is 8.58. The van der Waals surface area contributed by atoms with Crippen LogP contribution in [0.4, 0.5) is 0 Å². The highest BCUT2D eigenvalue weighted by Gasteiger charge is 2.50. The number of carboxylic acids is 1. The molecule has 3 N–H and O–H groups in total. The molecule has 0 aromatic heterocycles. The number of aliphatic carboxylic acids is 1. The van der Waals surface area contributed by atoms with Crippen molar-refractivity contribution in [3.8, 4) is 0 Å². The SMILES string of the molecule is CC/C=C\C/C=C\C/C=C\C/C=C\CCCCCCCCC(=O)OCC(COC1OC(C(=O)O)C(O)C(O)C1OC(=O)CCCC/C=C\C/C=C\C/C=C\C/C=C\CC)OC(=O)CCCCCCCCCCCCCCC. The van der Waals surface area contributed by atoms with E-state index < -0.39 is 67.3 Å². The summed E-state index contributed by atoms with van der Waals surface area (Å²) in [5.74, 6) is -3.19. The molecular formula is C65H106O12. The summed E-state index contributed by atoms with van der Waals surface area (Å²) in [5, 5.41) is 31.5. The van der Waals surface area contributed by atoms with Crippen molar-refractivity contribution in [2.45, 2.75) is 276 Å². The lowest BCUT2D eigenvalue weighted by Crippen LogP contribution is -2.61. The maximum absolute atomic E-state index is 13.1. The number of carbonyl (C=O) groups excluding carboxylic acids is 3. The summed E-state index contributed by atoms with van der Waals surface area (Å²) >= 11 is 0. The maximum Gasteiger partial charge on any atom is 0.335 e. The number of aliphatic hydroxyl groups excluding tert-OH is 2. The van der Waals surface area contributed by atoms with Crippen molar-refractivity contribution in [2.24, 2.45) is 0 Å². The standard InChI is InChI=1S/C65H106O12/c1-4-7-10-13-16-19-22-25-27-28-29-30-32-34-36-39-42-45-48-51-57(66)73-54-56(75-58(67)52-49-46-43-40-37-33-24-21-18-15-12-9-6-3)55-74-65-63(61(70)60(69)62(77-65)64(71)72)76-59(68)53-50-47-44-41-38-35-31-26-23-20-17-14-11-8-5-2/h7-8,10-11,16-17,19-20,25-27,29-31,38,41,56,60-63,65,69-70H,4-6,9,12-15,18,21-24,28,32-37,39-40,42-55H2,1-3H3,(H,71,72)/b10-7-,11-8-,19-16-,20-17-,27-25-,30-29-,31-26-,41-38-. The third-order valence-electron chi connectivity index (χ3n) is 13.2. The van der Waals surface area contributed by atoms with Crippen LogP contribution >= 0.6 is 0 Å². The van der Waals surface area contributed by atoms with Crippen LogP contribution in [0.15, 0.2) is 97.2 Å². The van der Waals surface area contributed by atoms with Crippen LogP contribution in [0.2, 0.25) is 0 Å². The quantitative estimate of drug-likeness (QED) is 0.0228.